The molecule has 2 aromatic heterocycles. The molecule has 2 rings (SSSR count). The molecule has 0 radical (unpaired) electrons. The molecule has 0 spiro atoms. The van der Waals surface area contributed by atoms with Crippen LogP contribution in [0.2, 0.25) is 0 Å². The maximum absolute atomic E-state index is 13.0. The van der Waals surface area contributed by atoms with Gasteiger partial charge in [0.15, 0.2) is 6.61 Å². The Labute approximate surface area is 112 Å². The molecule has 0 aliphatic carbocycles. The molecule has 9 heteroatoms. The van der Waals surface area contributed by atoms with Crippen LogP contribution in [0.4, 0.5) is 4.39 Å². The molecule has 0 unspecified atom stereocenters. The van der Waals surface area contributed by atoms with E-state index in [4.69, 9.17) is 4.74 Å². The smallest absolute Gasteiger partial charge is 0.344 e. The highest BCUT2D eigenvalue weighted by molar-refractivity contribution is 5.70. The van der Waals surface area contributed by atoms with Crippen LogP contribution in [0, 0.1) is 5.82 Å². The summed E-state index contributed by atoms with van der Waals surface area (Å²) >= 11 is 0. The summed E-state index contributed by atoms with van der Waals surface area (Å²) in [6.07, 6.45) is 2.31. The van der Waals surface area contributed by atoms with Gasteiger partial charge in [-0.3, -0.25) is 4.98 Å². The number of carbonyl (C=O) groups excluding carboxylic acids is 1. The zero-order chi connectivity index (χ0) is 14.5. The second-order valence-electron chi connectivity index (χ2n) is 3.59. The van der Waals surface area contributed by atoms with Crippen molar-refractivity contribution in [2.75, 3.05) is 13.2 Å². The summed E-state index contributed by atoms with van der Waals surface area (Å²) < 4.78 is 22.6. The molecule has 2 aromatic rings. The van der Waals surface area contributed by atoms with Gasteiger partial charge >= 0.3 is 12.0 Å². The van der Waals surface area contributed by atoms with E-state index in [9.17, 15) is 14.4 Å². The van der Waals surface area contributed by atoms with Crippen molar-refractivity contribution < 1.29 is 23.9 Å². The molecular weight excluding hydrogens is 271 g/mol. The van der Waals surface area contributed by atoms with Crippen molar-refractivity contribution >= 4 is 5.97 Å². The van der Waals surface area contributed by atoms with E-state index in [-0.39, 0.29) is 24.0 Å². The molecule has 2 heterocycles. The van der Waals surface area contributed by atoms with Gasteiger partial charge in [-0.25, -0.2) is 9.18 Å². The number of hydrogen-bond donors (Lipinski definition) is 1. The topological polar surface area (TPSA) is 99.4 Å². The van der Waals surface area contributed by atoms with E-state index < -0.39 is 18.4 Å². The largest absolute Gasteiger partial charge is 0.463 e. The van der Waals surface area contributed by atoms with Gasteiger partial charge in [0.1, 0.15) is 5.82 Å². The monoisotopic (exact) mass is 282 g/mol. The summed E-state index contributed by atoms with van der Waals surface area (Å²) in [4.78, 5) is 19.0. The fourth-order valence-corrected chi connectivity index (χ4v) is 1.39. The predicted octanol–water partition coefficient (Wildman–Crippen LogP) is 0.658. The Bertz CT molecular complexity index is 616. The van der Waals surface area contributed by atoms with Crippen LogP contribution in [0.3, 0.4) is 0 Å². The Morgan fingerprint density at radius 3 is 3.00 bits per heavy atom. The second kappa shape index (κ2) is 5.95. The third-order valence-corrected chi connectivity index (χ3v) is 2.16. The van der Waals surface area contributed by atoms with Crippen molar-refractivity contribution in [2.24, 2.45) is 0 Å². The maximum Gasteiger partial charge on any atom is 0.344 e. The first-order valence-electron chi connectivity index (χ1n) is 5.65. The van der Waals surface area contributed by atoms with Crippen LogP contribution in [-0.4, -0.2) is 44.3 Å². The van der Waals surface area contributed by atoms with Crippen LogP contribution in [0.1, 0.15) is 6.92 Å². The summed E-state index contributed by atoms with van der Waals surface area (Å²) in [5, 5.41) is 13.1. The highest BCUT2D eigenvalue weighted by Gasteiger charge is 2.14. The van der Waals surface area contributed by atoms with Crippen molar-refractivity contribution in [1.29, 1.82) is 0 Å². The zero-order valence-corrected chi connectivity index (χ0v) is 10.5. The zero-order valence-electron chi connectivity index (χ0n) is 10.5. The lowest BCUT2D eigenvalue weighted by atomic mass is 10.3. The Balaban J connectivity index is 2.12. The Morgan fingerprint density at radius 2 is 2.30 bits per heavy atom. The number of nitrogens with zero attached hydrogens (tertiary/aromatic N) is 4. The molecule has 0 aliphatic heterocycles. The van der Waals surface area contributed by atoms with Gasteiger partial charge in [-0.2, -0.15) is 4.98 Å². The van der Waals surface area contributed by atoms with Crippen molar-refractivity contribution in [3.63, 3.8) is 0 Å². The SMILES string of the molecule is CCOC(=O)COc1nc(-c2cncc(F)c2)n(O)n1. The van der Waals surface area contributed by atoms with Crippen molar-refractivity contribution in [3.05, 3.63) is 24.3 Å². The van der Waals surface area contributed by atoms with E-state index in [0.717, 1.165) is 12.3 Å². The van der Waals surface area contributed by atoms with E-state index in [2.05, 4.69) is 19.8 Å². The lowest BCUT2D eigenvalue weighted by molar-refractivity contribution is -0.145. The van der Waals surface area contributed by atoms with Crippen LogP contribution < -0.4 is 4.74 Å². The molecule has 0 amide bonds. The van der Waals surface area contributed by atoms with Gasteiger partial charge < -0.3 is 14.7 Å². The van der Waals surface area contributed by atoms with E-state index in [0.29, 0.717) is 4.85 Å². The van der Waals surface area contributed by atoms with Gasteiger partial charge in [-0.1, -0.05) is 9.94 Å². The Hall–Kier alpha value is -2.71. The number of aromatic nitrogens is 4. The van der Waals surface area contributed by atoms with E-state index in [1.165, 1.54) is 6.20 Å². The summed E-state index contributed by atoms with van der Waals surface area (Å²) in [6.45, 7) is 1.50. The number of rotatable bonds is 5. The first kappa shape index (κ1) is 13.7. The average molecular weight is 282 g/mol. The molecule has 0 saturated heterocycles. The second-order valence-corrected chi connectivity index (χ2v) is 3.59. The van der Waals surface area contributed by atoms with Crippen LogP contribution >= 0.6 is 0 Å². The third-order valence-electron chi connectivity index (χ3n) is 2.16. The first-order chi connectivity index (χ1) is 9.60. The van der Waals surface area contributed by atoms with Crippen molar-refractivity contribution in [1.82, 2.24) is 19.9 Å². The fraction of sp³-hybridized carbons (Fsp3) is 0.273. The van der Waals surface area contributed by atoms with E-state index in [1.54, 1.807) is 6.92 Å². The molecule has 0 fully saturated rings. The molecule has 0 atom stereocenters. The number of esters is 1. The molecule has 20 heavy (non-hydrogen) atoms. The summed E-state index contributed by atoms with van der Waals surface area (Å²) in [5.74, 6) is -1.23. The van der Waals surface area contributed by atoms with Crippen LogP contribution in [0.25, 0.3) is 11.4 Å². The van der Waals surface area contributed by atoms with Gasteiger partial charge in [0, 0.05) is 11.8 Å². The van der Waals surface area contributed by atoms with Crippen LogP contribution in [-0.2, 0) is 9.53 Å². The molecule has 1 N–H and O–H groups in total. The Kier molecular flexibility index (Phi) is 4.08. The van der Waals surface area contributed by atoms with Crippen molar-refractivity contribution in [3.8, 4) is 17.4 Å². The van der Waals surface area contributed by atoms with Crippen molar-refractivity contribution in [2.45, 2.75) is 6.92 Å². The van der Waals surface area contributed by atoms with Gasteiger partial charge in [-0.05, 0) is 13.0 Å². The van der Waals surface area contributed by atoms with Gasteiger partial charge in [-0.15, -0.1) is 0 Å². The molecule has 8 nitrogen and oxygen atoms in total. The molecule has 0 saturated carbocycles. The van der Waals surface area contributed by atoms with Crippen LogP contribution in [0.15, 0.2) is 18.5 Å². The Morgan fingerprint density at radius 1 is 1.50 bits per heavy atom. The lowest BCUT2D eigenvalue weighted by Crippen LogP contribution is -2.15. The maximum atomic E-state index is 13.0. The minimum atomic E-state index is -0.587. The van der Waals surface area contributed by atoms with Gasteiger partial charge in [0.2, 0.25) is 5.82 Å². The average Bonchev–Trinajstić information content (AvgIpc) is 2.78. The fourth-order valence-electron chi connectivity index (χ4n) is 1.39. The minimum Gasteiger partial charge on any atom is -0.463 e. The predicted molar refractivity (Wildman–Crippen MR) is 62.5 cm³/mol. The standard InChI is InChI=1S/C11H11FN4O4/c1-2-19-9(17)6-20-11-14-10(16(18)15-11)7-3-8(12)5-13-4-7/h3-5,18H,2,6H2,1H3. The normalized spacial score (nSPS) is 10.3. The molecule has 0 bridgehead atoms. The minimum absolute atomic E-state index is 0.0594. The molecule has 106 valence electrons. The quantitative estimate of drug-likeness (QED) is 0.635. The first-order valence-corrected chi connectivity index (χ1v) is 5.65. The summed E-state index contributed by atoms with van der Waals surface area (Å²) in [7, 11) is 0. The van der Waals surface area contributed by atoms with Gasteiger partial charge in [0.25, 0.3) is 0 Å². The summed E-state index contributed by atoms with van der Waals surface area (Å²) in [6, 6.07) is 0.888. The third kappa shape index (κ3) is 3.19. The van der Waals surface area contributed by atoms with E-state index >= 15 is 0 Å². The molecule has 0 aliphatic rings. The number of ether oxygens (including phenoxy) is 2. The highest BCUT2D eigenvalue weighted by atomic mass is 19.1. The van der Waals surface area contributed by atoms with Crippen LogP contribution in [0.5, 0.6) is 6.01 Å². The highest BCUT2D eigenvalue weighted by Crippen LogP contribution is 2.18. The number of hydrogen-bond acceptors (Lipinski definition) is 7. The lowest BCUT2D eigenvalue weighted by Gasteiger charge is -2.00. The number of pyridine rings is 1. The van der Waals surface area contributed by atoms with E-state index in [1.807, 2.05) is 0 Å². The molecular formula is C11H11FN4O4. The number of halogens is 1. The van der Waals surface area contributed by atoms with Gasteiger partial charge in [0.05, 0.1) is 12.8 Å². The summed E-state index contributed by atoms with van der Waals surface area (Å²) in [5.41, 5.74) is 0.214. The molecule has 0 aromatic carbocycles. The number of carbonyl (C=O) groups is 1.